The molecule has 4 atom stereocenters. The van der Waals surface area contributed by atoms with Crippen LogP contribution in [-0.2, 0) is 9.53 Å². The molecule has 5 nitrogen and oxygen atoms in total. The van der Waals surface area contributed by atoms with E-state index in [0.29, 0.717) is 12.1 Å². The van der Waals surface area contributed by atoms with Crippen LogP contribution in [0, 0.1) is 0 Å². The van der Waals surface area contributed by atoms with Crippen LogP contribution in [0.25, 0.3) is 0 Å². The molecule has 0 spiro atoms. The van der Waals surface area contributed by atoms with Crippen LogP contribution < -0.4 is 5.32 Å². The van der Waals surface area contributed by atoms with Crippen molar-refractivity contribution in [2.75, 3.05) is 20.3 Å². The van der Waals surface area contributed by atoms with E-state index in [-0.39, 0.29) is 25.1 Å². The van der Waals surface area contributed by atoms with Crippen molar-refractivity contribution in [3.63, 3.8) is 0 Å². The monoisotopic (exact) mass is 258 g/mol. The Balaban J connectivity index is 2.41. The highest BCUT2D eigenvalue weighted by molar-refractivity contribution is 5.81. The topological polar surface area (TPSA) is 61.8 Å². The highest BCUT2D eigenvalue weighted by Gasteiger charge is 2.34. The lowest BCUT2D eigenvalue weighted by Crippen LogP contribution is -2.50. The molecule has 1 aliphatic heterocycles. The Morgan fingerprint density at radius 1 is 1.44 bits per heavy atom. The van der Waals surface area contributed by atoms with Crippen LogP contribution in [0.5, 0.6) is 0 Å². The van der Waals surface area contributed by atoms with Crippen molar-refractivity contribution in [3.8, 4) is 0 Å². The number of aliphatic hydroxyl groups is 1. The summed E-state index contributed by atoms with van der Waals surface area (Å²) in [7, 11) is 1.53. The molecule has 0 saturated carbocycles. The van der Waals surface area contributed by atoms with Crippen molar-refractivity contribution in [2.24, 2.45) is 0 Å². The van der Waals surface area contributed by atoms with Crippen LogP contribution in [0.1, 0.15) is 33.6 Å². The zero-order valence-corrected chi connectivity index (χ0v) is 11.8. The first-order valence-electron chi connectivity index (χ1n) is 6.69. The highest BCUT2D eigenvalue weighted by Crippen LogP contribution is 2.25. The second-order valence-corrected chi connectivity index (χ2v) is 5.25. The summed E-state index contributed by atoms with van der Waals surface area (Å²) in [5, 5.41) is 12.3. The van der Waals surface area contributed by atoms with E-state index < -0.39 is 6.10 Å². The first-order chi connectivity index (χ1) is 8.47. The minimum absolute atomic E-state index is 0.0225. The molecule has 0 bridgehead atoms. The van der Waals surface area contributed by atoms with Gasteiger partial charge >= 0.3 is 0 Å². The summed E-state index contributed by atoms with van der Waals surface area (Å²) in [6.07, 6.45) is 1.65. The molecule has 0 aromatic rings. The van der Waals surface area contributed by atoms with Gasteiger partial charge in [-0.3, -0.25) is 9.69 Å². The maximum Gasteiger partial charge on any atom is 0.237 e. The fourth-order valence-corrected chi connectivity index (χ4v) is 2.73. The van der Waals surface area contributed by atoms with Crippen molar-refractivity contribution < 1.29 is 14.6 Å². The lowest BCUT2D eigenvalue weighted by Gasteiger charge is -2.31. The van der Waals surface area contributed by atoms with Gasteiger partial charge in [0, 0.05) is 25.7 Å². The van der Waals surface area contributed by atoms with Crippen molar-refractivity contribution in [1.29, 1.82) is 0 Å². The second-order valence-electron chi connectivity index (χ2n) is 5.25. The number of aliphatic hydroxyl groups excluding tert-OH is 1. The zero-order chi connectivity index (χ0) is 13.7. The third-order valence-electron chi connectivity index (χ3n) is 3.72. The maximum absolute atomic E-state index is 12.0. The van der Waals surface area contributed by atoms with Crippen LogP contribution in [0.4, 0.5) is 0 Å². The third-order valence-corrected chi connectivity index (χ3v) is 3.72. The highest BCUT2D eigenvalue weighted by atomic mass is 16.5. The molecule has 1 aliphatic rings. The van der Waals surface area contributed by atoms with Crippen molar-refractivity contribution in [3.05, 3.63) is 0 Å². The van der Waals surface area contributed by atoms with Gasteiger partial charge in [0.1, 0.15) is 0 Å². The van der Waals surface area contributed by atoms with Gasteiger partial charge in [-0.2, -0.15) is 0 Å². The van der Waals surface area contributed by atoms with Crippen LogP contribution >= 0.6 is 0 Å². The molecule has 1 saturated heterocycles. The van der Waals surface area contributed by atoms with E-state index in [1.54, 1.807) is 0 Å². The number of nitrogens with zero attached hydrogens (tertiary/aromatic N) is 1. The molecule has 4 unspecified atom stereocenters. The lowest BCUT2D eigenvalue weighted by molar-refractivity contribution is -0.127. The van der Waals surface area contributed by atoms with Gasteiger partial charge in [-0.1, -0.05) is 0 Å². The number of carbonyl (C=O) groups is 1. The molecule has 2 N–H and O–H groups in total. The Morgan fingerprint density at radius 3 is 2.50 bits per heavy atom. The van der Waals surface area contributed by atoms with Gasteiger partial charge in [-0.25, -0.2) is 0 Å². The van der Waals surface area contributed by atoms with E-state index in [2.05, 4.69) is 24.1 Å². The van der Waals surface area contributed by atoms with Gasteiger partial charge < -0.3 is 15.2 Å². The van der Waals surface area contributed by atoms with E-state index in [0.717, 1.165) is 12.8 Å². The van der Waals surface area contributed by atoms with E-state index in [9.17, 15) is 9.90 Å². The summed E-state index contributed by atoms with van der Waals surface area (Å²) in [4.78, 5) is 14.3. The van der Waals surface area contributed by atoms with E-state index >= 15 is 0 Å². The molecular weight excluding hydrogens is 232 g/mol. The van der Waals surface area contributed by atoms with Gasteiger partial charge in [0.2, 0.25) is 5.91 Å². The third kappa shape index (κ3) is 3.93. The summed E-state index contributed by atoms with van der Waals surface area (Å²) in [5.74, 6) is -0.0225. The molecule has 0 aromatic heterocycles. The van der Waals surface area contributed by atoms with Gasteiger partial charge in [0.05, 0.1) is 18.8 Å². The molecule has 0 aromatic carbocycles. The quantitative estimate of drug-likeness (QED) is 0.722. The molecule has 0 aliphatic carbocycles. The molecule has 1 heterocycles. The minimum Gasteiger partial charge on any atom is -0.389 e. The van der Waals surface area contributed by atoms with E-state index in [1.807, 2.05) is 6.92 Å². The summed E-state index contributed by atoms with van der Waals surface area (Å²) in [5.41, 5.74) is 0. The standard InChI is InChI=1S/C13H26N2O3/c1-9-5-6-10(2)15(9)11(3)13(17)14-7-12(16)8-18-4/h9-12,16H,5-8H2,1-4H3,(H,14,17). The molecule has 1 fully saturated rings. The van der Waals surface area contributed by atoms with E-state index in [1.165, 1.54) is 7.11 Å². The summed E-state index contributed by atoms with van der Waals surface area (Å²) < 4.78 is 4.82. The molecule has 18 heavy (non-hydrogen) atoms. The second kappa shape index (κ2) is 7.07. The SMILES string of the molecule is COCC(O)CNC(=O)C(C)N1C(C)CCC1C. The summed E-state index contributed by atoms with van der Waals surface area (Å²) >= 11 is 0. The Morgan fingerprint density at radius 2 is 2.00 bits per heavy atom. The van der Waals surface area contributed by atoms with Crippen LogP contribution in [0.2, 0.25) is 0 Å². The predicted octanol–water partition coefficient (Wildman–Crippen LogP) is 0.371. The van der Waals surface area contributed by atoms with Gasteiger partial charge in [0.15, 0.2) is 0 Å². The number of nitrogens with one attached hydrogen (secondary N) is 1. The Kier molecular flexibility index (Phi) is 6.05. The van der Waals surface area contributed by atoms with E-state index in [4.69, 9.17) is 4.74 Å². The lowest BCUT2D eigenvalue weighted by atomic mass is 10.2. The van der Waals surface area contributed by atoms with Crippen LogP contribution in [0.15, 0.2) is 0 Å². The number of hydrogen-bond donors (Lipinski definition) is 2. The fraction of sp³-hybridized carbons (Fsp3) is 0.923. The first kappa shape index (κ1) is 15.4. The maximum atomic E-state index is 12.0. The molecular formula is C13H26N2O3. The Bertz CT molecular complexity index is 263. The number of rotatable bonds is 6. The first-order valence-corrected chi connectivity index (χ1v) is 6.69. The van der Waals surface area contributed by atoms with Crippen molar-refractivity contribution >= 4 is 5.91 Å². The summed E-state index contributed by atoms with van der Waals surface area (Å²) in [6.45, 7) is 6.73. The van der Waals surface area contributed by atoms with Gasteiger partial charge in [-0.05, 0) is 33.6 Å². The van der Waals surface area contributed by atoms with Crippen LogP contribution in [0.3, 0.4) is 0 Å². The van der Waals surface area contributed by atoms with Crippen LogP contribution in [-0.4, -0.2) is 60.4 Å². The number of carbonyl (C=O) groups excluding carboxylic acids is 1. The molecule has 0 radical (unpaired) electrons. The van der Waals surface area contributed by atoms with Crippen molar-refractivity contribution in [1.82, 2.24) is 10.2 Å². The molecule has 5 heteroatoms. The van der Waals surface area contributed by atoms with Gasteiger partial charge in [0.25, 0.3) is 0 Å². The average Bonchev–Trinajstić information content (AvgIpc) is 2.65. The summed E-state index contributed by atoms with van der Waals surface area (Å²) in [6, 6.07) is 0.751. The number of hydrogen-bond acceptors (Lipinski definition) is 4. The molecule has 1 amide bonds. The smallest absolute Gasteiger partial charge is 0.237 e. The minimum atomic E-state index is -0.639. The molecule has 106 valence electrons. The van der Waals surface area contributed by atoms with Crippen molar-refractivity contribution in [2.45, 2.75) is 57.8 Å². The normalized spacial score (nSPS) is 28.1. The fourth-order valence-electron chi connectivity index (χ4n) is 2.73. The zero-order valence-electron chi connectivity index (χ0n) is 11.8. The number of likely N-dealkylation sites (tertiary alicyclic amines) is 1. The number of amides is 1. The Labute approximate surface area is 109 Å². The van der Waals surface area contributed by atoms with Gasteiger partial charge in [-0.15, -0.1) is 0 Å². The number of methoxy groups -OCH3 is 1. The largest absolute Gasteiger partial charge is 0.389 e. The molecule has 1 rings (SSSR count). The number of ether oxygens (including phenoxy) is 1. The predicted molar refractivity (Wildman–Crippen MR) is 70.4 cm³/mol. The average molecular weight is 258 g/mol. The Hall–Kier alpha value is -0.650.